The highest BCUT2D eigenvalue weighted by atomic mass is 79.9. The van der Waals surface area contributed by atoms with Crippen molar-refractivity contribution in [1.29, 1.82) is 0 Å². The van der Waals surface area contributed by atoms with Crippen molar-refractivity contribution in [2.45, 2.75) is 0 Å². The minimum Gasteiger partial charge on any atom is -0.354 e. The summed E-state index contributed by atoms with van der Waals surface area (Å²) in [7, 11) is 0. The van der Waals surface area contributed by atoms with Gasteiger partial charge in [-0.05, 0) is 62.3 Å². The van der Waals surface area contributed by atoms with E-state index in [1.165, 1.54) is 59.7 Å². The molecule has 0 unspecified atom stereocenters. The van der Waals surface area contributed by atoms with Gasteiger partial charge in [-0.1, -0.05) is 94.8 Å². The molecule has 0 saturated heterocycles. The molecule has 0 amide bonds. The van der Waals surface area contributed by atoms with Crippen LogP contribution in [-0.2, 0) is 0 Å². The molecule has 1 N–H and O–H groups in total. The molecule has 0 aliphatic carbocycles. The number of aromatic amines is 1. The van der Waals surface area contributed by atoms with E-state index >= 15 is 0 Å². The zero-order valence-electron chi connectivity index (χ0n) is 17.2. The second-order valence-electron chi connectivity index (χ2n) is 8.37. The molecule has 7 rings (SSSR count). The average Bonchev–Trinajstić information content (AvgIpc) is 3.22. The van der Waals surface area contributed by atoms with Crippen molar-refractivity contribution in [2.24, 2.45) is 0 Å². The standard InChI is InChI=1S/C30H18BrN/c31-19-14-15-27-26(16-19)29-23-13-7-5-11-21(23)25-17-24(18-8-2-1-3-9-18)20-10-4-6-12-22(20)28(25)30(29)32-27/h1-17,32H. The number of nitrogens with one attached hydrogen (secondary N) is 1. The zero-order valence-corrected chi connectivity index (χ0v) is 18.8. The molecule has 1 nitrogen and oxygen atoms in total. The third-order valence-electron chi connectivity index (χ3n) is 6.63. The van der Waals surface area contributed by atoms with Crippen molar-refractivity contribution in [2.75, 3.05) is 0 Å². The van der Waals surface area contributed by atoms with Crippen molar-refractivity contribution in [3.05, 3.63) is 108 Å². The van der Waals surface area contributed by atoms with Crippen molar-refractivity contribution < 1.29 is 0 Å². The first-order chi connectivity index (χ1) is 15.8. The van der Waals surface area contributed by atoms with Crippen LogP contribution in [0.25, 0.3) is 65.3 Å². The zero-order chi connectivity index (χ0) is 21.2. The van der Waals surface area contributed by atoms with Crippen LogP contribution in [-0.4, -0.2) is 4.98 Å². The highest BCUT2D eigenvalue weighted by Crippen LogP contribution is 2.44. The predicted octanol–water partition coefficient (Wildman–Crippen LogP) is 9.21. The van der Waals surface area contributed by atoms with Gasteiger partial charge < -0.3 is 4.98 Å². The summed E-state index contributed by atoms with van der Waals surface area (Å²) in [6.45, 7) is 0. The van der Waals surface area contributed by atoms with Gasteiger partial charge in [-0.25, -0.2) is 0 Å². The van der Waals surface area contributed by atoms with Gasteiger partial charge in [-0.15, -0.1) is 0 Å². The van der Waals surface area contributed by atoms with Gasteiger partial charge in [-0.2, -0.15) is 0 Å². The molecule has 0 saturated carbocycles. The Hall–Kier alpha value is -3.62. The van der Waals surface area contributed by atoms with E-state index in [-0.39, 0.29) is 0 Å². The van der Waals surface area contributed by atoms with Crippen LogP contribution in [0.2, 0.25) is 0 Å². The molecule has 32 heavy (non-hydrogen) atoms. The maximum atomic E-state index is 3.77. The second kappa shape index (κ2) is 6.69. The van der Waals surface area contributed by atoms with Crippen LogP contribution in [0, 0.1) is 0 Å². The number of halogens is 1. The van der Waals surface area contributed by atoms with Gasteiger partial charge in [0.1, 0.15) is 0 Å². The Labute approximate surface area is 193 Å². The molecule has 0 aliphatic rings. The fourth-order valence-corrected chi connectivity index (χ4v) is 5.64. The minimum atomic E-state index is 1.10. The quantitative estimate of drug-likeness (QED) is 0.229. The summed E-state index contributed by atoms with van der Waals surface area (Å²) >= 11 is 3.68. The summed E-state index contributed by atoms with van der Waals surface area (Å²) in [4.78, 5) is 3.77. The topological polar surface area (TPSA) is 15.8 Å². The normalized spacial score (nSPS) is 11.9. The van der Waals surface area contributed by atoms with Crippen molar-refractivity contribution in [1.82, 2.24) is 4.98 Å². The molecule has 0 aliphatic heterocycles. The van der Waals surface area contributed by atoms with Crippen LogP contribution in [0.15, 0.2) is 108 Å². The number of aromatic nitrogens is 1. The van der Waals surface area contributed by atoms with E-state index in [0.717, 1.165) is 9.99 Å². The molecule has 0 radical (unpaired) electrons. The van der Waals surface area contributed by atoms with Crippen molar-refractivity contribution in [3.63, 3.8) is 0 Å². The number of hydrogen-bond acceptors (Lipinski definition) is 0. The minimum absolute atomic E-state index is 1.10. The highest BCUT2D eigenvalue weighted by Gasteiger charge is 2.17. The SMILES string of the molecule is Brc1ccc2[nH]c3c(c2c1)c1ccccc1c1cc(-c2ccccc2)c2ccccc2c13. The van der Waals surface area contributed by atoms with Crippen LogP contribution in [0.3, 0.4) is 0 Å². The molecule has 0 atom stereocenters. The lowest BCUT2D eigenvalue weighted by molar-refractivity contribution is 1.56. The first-order valence-electron chi connectivity index (χ1n) is 10.8. The molecule has 7 aromatic rings. The predicted molar refractivity (Wildman–Crippen MR) is 141 cm³/mol. The molecule has 0 fully saturated rings. The van der Waals surface area contributed by atoms with E-state index in [1.54, 1.807) is 0 Å². The lowest BCUT2D eigenvalue weighted by Crippen LogP contribution is -1.88. The van der Waals surface area contributed by atoms with Gasteiger partial charge in [0.2, 0.25) is 0 Å². The van der Waals surface area contributed by atoms with Crippen molar-refractivity contribution in [3.8, 4) is 11.1 Å². The van der Waals surface area contributed by atoms with Crippen LogP contribution < -0.4 is 0 Å². The molecular formula is C30H18BrN. The monoisotopic (exact) mass is 471 g/mol. The lowest BCUT2D eigenvalue weighted by atomic mass is 9.89. The molecule has 6 aromatic carbocycles. The maximum Gasteiger partial charge on any atom is 0.0557 e. The molecule has 1 aromatic heterocycles. The molecule has 2 heteroatoms. The van der Waals surface area contributed by atoms with Crippen LogP contribution in [0.4, 0.5) is 0 Å². The van der Waals surface area contributed by atoms with E-state index in [2.05, 4.69) is 124 Å². The number of hydrogen-bond donors (Lipinski definition) is 1. The fourth-order valence-electron chi connectivity index (χ4n) is 5.28. The largest absolute Gasteiger partial charge is 0.354 e. The van der Waals surface area contributed by atoms with E-state index < -0.39 is 0 Å². The summed E-state index contributed by atoms with van der Waals surface area (Å²) in [6.07, 6.45) is 0. The molecule has 150 valence electrons. The summed E-state index contributed by atoms with van der Waals surface area (Å²) in [5, 5.41) is 10.3. The summed E-state index contributed by atoms with van der Waals surface area (Å²) in [5.41, 5.74) is 4.90. The third-order valence-corrected chi connectivity index (χ3v) is 7.12. The van der Waals surface area contributed by atoms with E-state index in [9.17, 15) is 0 Å². The number of fused-ring (bicyclic) bond motifs is 10. The Bertz CT molecular complexity index is 1830. The first-order valence-corrected chi connectivity index (χ1v) is 11.6. The Morgan fingerprint density at radius 3 is 1.91 bits per heavy atom. The molecule has 0 bridgehead atoms. The van der Waals surface area contributed by atoms with Crippen LogP contribution in [0.5, 0.6) is 0 Å². The lowest BCUT2D eigenvalue weighted by Gasteiger charge is -2.14. The Kier molecular flexibility index (Phi) is 3.76. The molecular weight excluding hydrogens is 454 g/mol. The highest BCUT2D eigenvalue weighted by molar-refractivity contribution is 9.10. The Morgan fingerprint density at radius 1 is 0.500 bits per heavy atom. The smallest absolute Gasteiger partial charge is 0.0557 e. The second-order valence-corrected chi connectivity index (χ2v) is 9.28. The molecule has 0 spiro atoms. The van der Waals surface area contributed by atoms with E-state index in [0.29, 0.717) is 0 Å². The summed E-state index contributed by atoms with van der Waals surface area (Å²) in [6, 6.07) is 37.2. The Balaban J connectivity index is 1.81. The Morgan fingerprint density at radius 2 is 1.12 bits per heavy atom. The number of H-pyrrole nitrogens is 1. The van der Waals surface area contributed by atoms with Crippen LogP contribution >= 0.6 is 15.9 Å². The molecule has 1 heterocycles. The van der Waals surface area contributed by atoms with Gasteiger partial charge >= 0.3 is 0 Å². The first kappa shape index (κ1) is 18.0. The van der Waals surface area contributed by atoms with Gasteiger partial charge in [-0.3, -0.25) is 0 Å². The summed E-state index contributed by atoms with van der Waals surface area (Å²) in [5.74, 6) is 0. The third kappa shape index (κ3) is 2.44. The van der Waals surface area contributed by atoms with E-state index in [1.807, 2.05) is 0 Å². The maximum absolute atomic E-state index is 3.77. The van der Waals surface area contributed by atoms with Gasteiger partial charge in [0.05, 0.1) is 5.52 Å². The number of rotatable bonds is 1. The van der Waals surface area contributed by atoms with Gasteiger partial charge in [0.15, 0.2) is 0 Å². The van der Waals surface area contributed by atoms with E-state index in [4.69, 9.17) is 0 Å². The van der Waals surface area contributed by atoms with Gasteiger partial charge in [0, 0.05) is 26.1 Å². The fraction of sp³-hybridized carbons (Fsp3) is 0. The van der Waals surface area contributed by atoms with Crippen LogP contribution in [0.1, 0.15) is 0 Å². The average molecular weight is 472 g/mol. The number of benzene rings is 6. The van der Waals surface area contributed by atoms with Crippen molar-refractivity contribution >= 4 is 70.1 Å². The van der Waals surface area contributed by atoms with Gasteiger partial charge in [0.25, 0.3) is 0 Å². The summed E-state index contributed by atoms with van der Waals surface area (Å²) < 4.78 is 1.10.